The monoisotopic (exact) mass is 303 g/mol. The van der Waals surface area contributed by atoms with Crippen molar-refractivity contribution in [3.8, 4) is 0 Å². The number of carbonyl (C=O) groups excluding carboxylic acids is 2. The van der Waals surface area contributed by atoms with E-state index in [0.717, 1.165) is 0 Å². The maximum atomic E-state index is 12.4. The van der Waals surface area contributed by atoms with E-state index in [1.165, 1.54) is 0 Å². The van der Waals surface area contributed by atoms with E-state index in [-0.39, 0.29) is 11.8 Å². The van der Waals surface area contributed by atoms with Crippen LogP contribution in [-0.2, 0) is 4.79 Å². The smallest absolute Gasteiger partial charge is 0.253 e. The maximum absolute atomic E-state index is 12.4. The second kappa shape index (κ2) is 7.40. The third-order valence-corrected chi connectivity index (χ3v) is 3.94. The molecule has 5 nitrogen and oxygen atoms in total. The van der Waals surface area contributed by atoms with Gasteiger partial charge in [0.2, 0.25) is 5.91 Å². The summed E-state index contributed by atoms with van der Waals surface area (Å²) in [5.41, 5.74) is 6.66. The summed E-state index contributed by atoms with van der Waals surface area (Å²) in [5, 5.41) is 0. The molecular weight excluding hydrogens is 278 g/mol. The fourth-order valence-corrected chi connectivity index (χ4v) is 2.74. The van der Waals surface area contributed by atoms with Crippen molar-refractivity contribution >= 4 is 11.8 Å². The molecule has 1 aromatic carbocycles. The van der Waals surface area contributed by atoms with Crippen LogP contribution in [0.2, 0.25) is 0 Å². The molecule has 0 radical (unpaired) electrons. The SMILES string of the molecule is CC(C)C[C@H](N)C(=O)N1CCN(C(=O)c2ccccc2)CC1. The topological polar surface area (TPSA) is 66.6 Å². The van der Waals surface area contributed by atoms with Crippen LogP contribution in [0.1, 0.15) is 30.6 Å². The van der Waals surface area contributed by atoms with Crippen LogP contribution < -0.4 is 5.73 Å². The van der Waals surface area contributed by atoms with Crippen molar-refractivity contribution in [3.05, 3.63) is 35.9 Å². The van der Waals surface area contributed by atoms with E-state index >= 15 is 0 Å². The lowest BCUT2D eigenvalue weighted by Gasteiger charge is -2.36. The Balaban J connectivity index is 1.88. The van der Waals surface area contributed by atoms with Gasteiger partial charge in [0.25, 0.3) is 5.91 Å². The third kappa shape index (κ3) is 4.07. The average Bonchev–Trinajstić information content (AvgIpc) is 2.54. The molecule has 0 unspecified atom stereocenters. The van der Waals surface area contributed by atoms with E-state index in [2.05, 4.69) is 13.8 Å². The van der Waals surface area contributed by atoms with Crippen LogP contribution in [0.4, 0.5) is 0 Å². The van der Waals surface area contributed by atoms with Gasteiger partial charge in [-0.1, -0.05) is 32.0 Å². The molecule has 1 aliphatic heterocycles. The predicted molar refractivity (Wildman–Crippen MR) is 86.4 cm³/mol. The number of nitrogens with zero attached hydrogens (tertiary/aromatic N) is 2. The molecule has 1 aliphatic rings. The standard InChI is InChI=1S/C17H25N3O2/c1-13(2)12-15(18)17(22)20-10-8-19(9-11-20)16(21)14-6-4-3-5-7-14/h3-7,13,15H,8-12,18H2,1-2H3/t15-/m0/s1. The van der Waals surface area contributed by atoms with Crippen LogP contribution in [0.3, 0.4) is 0 Å². The van der Waals surface area contributed by atoms with Crippen molar-refractivity contribution in [1.29, 1.82) is 0 Å². The summed E-state index contributed by atoms with van der Waals surface area (Å²) in [7, 11) is 0. The molecule has 1 atom stereocenters. The quantitative estimate of drug-likeness (QED) is 0.913. The number of hydrogen-bond donors (Lipinski definition) is 1. The molecule has 0 spiro atoms. The Morgan fingerprint density at radius 1 is 1.05 bits per heavy atom. The first-order valence-electron chi connectivity index (χ1n) is 7.87. The molecule has 120 valence electrons. The number of rotatable bonds is 4. The highest BCUT2D eigenvalue weighted by atomic mass is 16.2. The largest absolute Gasteiger partial charge is 0.338 e. The normalized spacial score (nSPS) is 16.7. The van der Waals surface area contributed by atoms with Gasteiger partial charge in [-0.3, -0.25) is 9.59 Å². The Morgan fingerprint density at radius 2 is 1.59 bits per heavy atom. The van der Waals surface area contributed by atoms with Gasteiger partial charge in [-0.2, -0.15) is 0 Å². The van der Waals surface area contributed by atoms with Crippen molar-refractivity contribution < 1.29 is 9.59 Å². The number of hydrogen-bond acceptors (Lipinski definition) is 3. The third-order valence-electron chi connectivity index (χ3n) is 3.94. The van der Waals surface area contributed by atoms with Crippen LogP contribution in [0, 0.1) is 5.92 Å². The number of benzene rings is 1. The molecule has 2 N–H and O–H groups in total. The number of amides is 2. The van der Waals surface area contributed by atoms with E-state index in [1.54, 1.807) is 9.80 Å². The van der Waals surface area contributed by atoms with Gasteiger partial charge in [0.1, 0.15) is 0 Å². The van der Waals surface area contributed by atoms with Crippen LogP contribution >= 0.6 is 0 Å². The lowest BCUT2D eigenvalue weighted by Crippen LogP contribution is -2.54. The van der Waals surface area contributed by atoms with Crippen LogP contribution in [0.15, 0.2) is 30.3 Å². The summed E-state index contributed by atoms with van der Waals surface area (Å²) in [5.74, 6) is 0.430. The minimum Gasteiger partial charge on any atom is -0.338 e. The van der Waals surface area contributed by atoms with Gasteiger partial charge in [0, 0.05) is 31.7 Å². The lowest BCUT2D eigenvalue weighted by atomic mass is 10.0. The zero-order chi connectivity index (χ0) is 16.1. The van der Waals surface area contributed by atoms with Gasteiger partial charge >= 0.3 is 0 Å². The van der Waals surface area contributed by atoms with Crippen LogP contribution in [0.5, 0.6) is 0 Å². The Morgan fingerprint density at radius 3 is 2.14 bits per heavy atom. The molecule has 1 heterocycles. The van der Waals surface area contributed by atoms with E-state index in [9.17, 15) is 9.59 Å². The van der Waals surface area contributed by atoms with Crippen LogP contribution in [-0.4, -0.2) is 53.8 Å². The molecule has 0 saturated carbocycles. The average molecular weight is 303 g/mol. The minimum absolute atomic E-state index is 0.000472. The maximum Gasteiger partial charge on any atom is 0.253 e. The molecule has 0 aliphatic carbocycles. The molecule has 1 fully saturated rings. The van der Waals surface area contributed by atoms with Crippen molar-refractivity contribution in [2.75, 3.05) is 26.2 Å². The first-order chi connectivity index (χ1) is 10.5. The Hall–Kier alpha value is -1.88. The summed E-state index contributed by atoms with van der Waals surface area (Å²) in [6, 6.07) is 8.81. The number of nitrogens with two attached hydrogens (primary N) is 1. The van der Waals surface area contributed by atoms with E-state index in [4.69, 9.17) is 5.73 Å². The number of carbonyl (C=O) groups is 2. The van der Waals surface area contributed by atoms with Gasteiger partial charge in [0.05, 0.1) is 6.04 Å². The van der Waals surface area contributed by atoms with Crippen molar-refractivity contribution in [1.82, 2.24) is 9.80 Å². The first-order valence-corrected chi connectivity index (χ1v) is 7.87. The summed E-state index contributed by atoms with van der Waals surface area (Å²) < 4.78 is 0. The highest BCUT2D eigenvalue weighted by molar-refractivity contribution is 5.94. The fraction of sp³-hybridized carbons (Fsp3) is 0.529. The summed E-state index contributed by atoms with van der Waals surface area (Å²) in [4.78, 5) is 28.2. The minimum atomic E-state index is -0.434. The zero-order valence-corrected chi connectivity index (χ0v) is 13.4. The van der Waals surface area contributed by atoms with Gasteiger partial charge in [-0.25, -0.2) is 0 Å². The van der Waals surface area contributed by atoms with Crippen LogP contribution in [0.25, 0.3) is 0 Å². The molecule has 1 aromatic rings. The van der Waals surface area contributed by atoms with Crippen molar-refractivity contribution in [2.24, 2.45) is 11.7 Å². The second-order valence-corrected chi connectivity index (χ2v) is 6.22. The van der Waals surface area contributed by atoms with E-state index in [0.29, 0.717) is 44.1 Å². The summed E-state index contributed by atoms with van der Waals surface area (Å²) >= 11 is 0. The van der Waals surface area contributed by atoms with Gasteiger partial charge in [-0.05, 0) is 24.5 Å². The Labute approximate surface area is 132 Å². The molecule has 1 saturated heterocycles. The second-order valence-electron chi connectivity index (χ2n) is 6.22. The molecule has 2 rings (SSSR count). The molecule has 22 heavy (non-hydrogen) atoms. The number of piperazine rings is 1. The van der Waals surface area contributed by atoms with Gasteiger partial charge in [-0.15, -0.1) is 0 Å². The highest BCUT2D eigenvalue weighted by Gasteiger charge is 2.27. The molecular formula is C17H25N3O2. The van der Waals surface area contributed by atoms with Crippen molar-refractivity contribution in [3.63, 3.8) is 0 Å². The first kappa shape index (κ1) is 16.5. The Kier molecular flexibility index (Phi) is 5.55. The molecule has 2 amide bonds. The van der Waals surface area contributed by atoms with E-state index < -0.39 is 6.04 Å². The molecule has 0 bridgehead atoms. The molecule has 0 aromatic heterocycles. The summed E-state index contributed by atoms with van der Waals surface area (Å²) in [6.45, 7) is 6.36. The van der Waals surface area contributed by atoms with Crippen molar-refractivity contribution in [2.45, 2.75) is 26.3 Å². The molecule has 5 heteroatoms. The van der Waals surface area contributed by atoms with E-state index in [1.807, 2.05) is 30.3 Å². The summed E-state index contributed by atoms with van der Waals surface area (Å²) in [6.07, 6.45) is 0.696. The van der Waals surface area contributed by atoms with Gasteiger partial charge < -0.3 is 15.5 Å². The Bertz CT molecular complexity index is 508. The zero-order valence-electron chi connectivity index (χ0n) is 13.4. The lowest BCUT2D eigenvalue weighted by molar-refractivity contribution is -0.134. The van der Waals surface area contributed by atoms with Gasteiger partial charge in [0.15, 0.2) is 0 Å². The highest BCUT2D eigenvalue weighted by Crippen LogP contribution is 2.11. The predicted octanol–water partition coefficient (Wildman–Crippen LogP) is 1.34. The fourth-order valence-electron chi connectivity index (χ4n) is 2.74.